The maximum atomic E-state index is 11.4. The van der Waals surface area contributed by atoms with Crippen molar-refractivity contribution in [1.82, 2.24) is 0 Å². The Bertz CT molecular complexity index is 773. The fourth-order valence-corrected chi connectivity index (χ4v) is 4.41. The molecule has 0 aromatic heterocycles. The lowest BCUT2D eigenvalue weighted by Gasteiger charge is -2.10. The summed E-state index contributed by atoms with van der Waals surface area (Å²) in [5, 5.41) is 0. The third-order valence-electron chi connectivity index (χ3n) is 4.97. The molecule has 0 bridgehead atoms. The predicted molar refractivity (Wildman–Crippen MR) is 95.9 cm³/mol. The van der Waals surface area contributed by atoms with Crippen molar-refractivity contribution >= 4 is 10.1 Å². The molecule has 0 radical (unpaired) electrons. The second kappa shape index (κ2) is 7.49. The molecule has 0 heterocycles. The monoisotopic (exact) mass is 344 g/mol. The van der Waals surface area contributed by atoms with Crippen LogP contribution in [0, 0.1) is 0 Å². The number of hydrogen-bond acceptors (Lipinski definition) is 2. The van der Waals surface area contributed by atoms with Crippen LogP contribution in [-0.4, -0.2) is 13.0 Å². The van der Waals surface area contributed by atoms with Gasteiger partial charge in [0.05, 0.1) is 4.90 Å². The minimum absolute atomic E-state index is 0.0292. The van der Waals surface area contributed by atoms with Gasteiger partial charge in [-0.2, -0.15) is 8.42 Å². The molecule has 1 N–H and O–H groups in total. The molecule has 3 nitrogen and oxygen atoms in total. The molecule has 4 heteroatoms. The van der Waals surface area contributed by atoms with E-state index >= 15 is 0 Å². The standard InChI is InChI=1S/C20H24O3S/c21-24(22,23)20-11-4-3-9-19(20)10-5-6-16-12-14-18(15-13-16)17-7-1-2-8-17/h3-4,9,11-15,17H,1-2,5-8,10H2,(H,21,22,23). The van der Waals surface area contributed by atoms with Crippen LogP contribution in [0.1, 0.15) is 54.7 Å². The van der Waals surface area contributed by atoms with Gasteiger partial charge in [0.2, 0.25) is 0 Å². The molecule has 0 amide bonds. The smallest absolute Gasteiger partial charge is 0.282 e. The zero-order chi connectivity index (χ0) is 17.0. The van der Waals surface area contributed by atoms with Crippen LogP contribution in [0.15, 0.2) is 53.4 Å². The van der Waals surface area contributed by atoms with Gasteiger partial charge in [-0.05, 0) is 60.8 Å². The van der Waals surface area contributed by atoms with Crippen LogP contribution in [-0.2, 0) is 23.0 Å². The Hall–Kier alpha value is -1.65. The van der Waals surface area contributed by atoms with Gasteiger partial charge in [-0.15, -0.1) is 0 Å². The van der Waals surface area contributed by atoms with E-state index in [2.05, 4.69) is 24.3 Å². The van der Waals surface area contributed by atoms with Crippen LogP contribution in [0.2, 0.25) is 0 Å². The SMILES string of the molecule is O=S(=O)(O)c1ccccc1CCCc1ccc(C2CCCC2)cc1. The van der Waals surface area contributed by atoms with Crippen molar-refractivity contribution in [2.45, 2.75) is 55.8 Å². The van der Waals surface area contributed by atoms with Gasteiger partial charge < -0.3 is 0 Å². The molecule has 24 heavy (non-hydrogen) atoms. The normalized spacial score (nSPS) is 15.7. The maximum Gasteiger partial charge on any atom is 0.294 e. The van der Waals surface area contributed by atoms with E-state index in [4.69, 9.17) is 0 Å². The fraction of sp³-hybridized carbons (Fsp3) is 0.400. The molecule has 1 aliphatic carbocycles. The van der Waals surface area contributed by atoms with E-state index in [-0.39, 0.29) is 4.90 Å². The molecule has 0 spiro atoms. The highest BCUT2D eigenvalue weighted by molar-refractivity contribution is 7.85. The minimum Gasteiger partial charge on any atom is -0.282 e. The average molecular weight is 344 g/mol. The Balaban J connectivity index is 1.59. The predicted octanol–water partition coefficient (Wildman–Crippen LogP) is 4.77. The number of aryl methyl sites for hydroxylation is 2. The summed E-state index contributed by atoms with van der Waals surface area (Å²) in [4.78, 5) is 0.0292. The van der Waals surface area contributed by atoms with E-state index in [1.165, 1.54) is 42.9 Å². The van der Waals surface area contributed by atoms with Crippen molar-refractivity contribution in [3.8, 4) is 0 Å². The van der Waals surface area contributed by atoms with E-state index in [9.17, 15) is 13.0 Å². The maximum absolute atomic E-state index is 11.4. The zero-order valence-electron chi connectivity index (χ0n) is 13.8. The van der Waals surface area contributed by atoms with Gasteiger partial charge in [0.15, 0.2) is 0 Å². The lowest BCUT2D eigenvalue weighted by molar-refractivity contribution is 0.482. The summed E-state index contributed by atoms with van der Waals surface area (Å²) in [5.41, 5.74) is 3.41. The molecule has 0 unspecified atom stereocenters. The molecule has 3 rings (SSSR count). The molecule has 1 fully saturated rings. The lowest BCUT2D eigenvalue weighted by atomic mass is 9.95. The number of benzene rings is 2. The van der Waals surface area contributed by atoms with Crippen molar-refractivity contribution < 1.29 is 13.0 Å². The Morgan fingerprint density at radius 2 is 1.58 bits per heavy atom. The molecule has 2 aromatic carbocycles. The summed E-state index contributed by atoms with van der Waals surface area (Å²) in [5.74, 6) is 0.737. The first kappa shape index (κ1) is 17.2. The molecule has 0 saturated heterocycles. The van der Waals surface area contributed by atoms with Gasteiger partial charge in [-0.25, -0.2) is 0 Å². The van der Waals surface area contributed by atoms with Crippen molar-refractivity contribution in [1.29, 1.82) is 0 Å². The van der Waals surface area contributed by atoms with Crippen molar-refractivity contribution in [2.75, 3.05) is 0 Å². The second-order valence-electron chi connectivity index (χ2n) is 6.66. The minimum atomic E-state index is -4.14. The molecule has 2 aromatic rings. The highest BCUT2D eigenvalue weighted by atomic mass is 32.2. The van der Waals surface area contributed by atoms with Gasteiger partial charge in [0.25, 0.3) is 10.1 Å². The Morgan fingerprint density at radius 1 is 0.917 bits per heavy atom. The molecule has 0 atom stereocenters. The largest absolute Gasteiger partial charge is 0.294 e. The summed E-state index contributed by atoms with van der Waals surface area (Å²) in [7, 11) is -4.14. The summed E-state index contributed by atoms with van der Waals surface area (Å²) in [6.45, 7) is 0. The van der Waals surface area contributed by atoms with Crippen LogP contribution in [0.25, 0.3) is 0 Å². The van der Waals surface area contributed by atoms with Gasteiger partial charge in [-0.1, -0.05) is 55.3 Å². The van der Waals surface area contributed by atoms with E-state index in [0.717, 1.165) is 18.8 Å². The topological polar surface area (TPSA) is 54.4 Å². The number of rotatable bonds is 6. The van der Waals surface area contributed by atoms with Crippen LogP contribution in [0.3, 0.4) is 0 Å². The summed E-state index contributed by atoms with van der Waals surface area (Å²) < 4.78 is 32.1. The van der Waals surface area contributed by atoms with Gasteiger partial charge in [-0.3, -0.25) is 4.55 Å². The fourth-order valence-electron chi connectivity index (χ4n) is 3.66. The molecular formula is C20H24O3S. The number of hydrogen-bond donors (Lipinski definition) is 1. The molecule has 128 valence electrons. The van der Waals surface area contributed by atoms with Crippen LogP contribution < -0.4 is 0 Å². The average Bonchev–Trinajstić information content (AvgIpc) is 3.09. The lowest BCUT2D eigenvalue weighted by Crippen LogP contribution is -2.03. The van der Waals surface area contributed by atoms with Crippen molar-refractivity contribution in [2.24, 2.45) is 0 Å². The zero-order valence-corrected chi connectivity index (χ0v) is 14.6. The van der Waals surface area contributed by atoms with Gasteiger partial charge in [0, 0.05) is 0 Å². The van der Waals surface area contributed by atoms with Gasteiger partial charge in [0.1, 0.15) is 0 Å². The highest BCUT2D eigenvalue weighted by Crippen LogP contribution is 2.34. The third kappa shape index (κ3) is 4.25. The molecule has 1 saturated carbocycles. The van der Waals surface area contributed by atoms with Crippen molar-refractivity contribution in [3.63, 3.8) is 0 Å². The molecule has 1 aliphatic rings. The van der Waals surface area contributed by atoms with Crippen LogP contribution in [0.4, 0.5) is 0 Å². The summed E-state index contributed by atoms with van der Waals surface area (Å²) in [6, 6.07) is 15.6. The first-order valence-corrected chi connectivity index (χ1v) is 10.1. The second-order valence-corrected chi connectivity index (χ2v) is 8.05. The molecular weight excluding hydrogens is 320 g/mol. The Morgan fingerprint density at radius 3 is 2.25 bits per heavy atom. The third-order valence-corrected chi connectivity index (χ3v) is 5.92. The van der Waals surface area contributed by atoms with E-state index in [1.807, 2.05) is 0 Å². The van der Waals surface area contributed by atoms with Crippen LogP contribution in [0.5, 0.6) is 0 Å². The quantitative estimate of drug-likeness (QED) is 0.768. The Labute approximate surface area is 144 Å². The highest BCUT2D eigenvalue weighted by Gasteiger charge is 2.17. The first-order chi connectivity index (χ1) is 11.5. The molecule has 0 aliphatic heterocycles. The van der Waals surface area contributed by atoms with Gasteiger partial charge >= 0.3 is 0 Å². The Kier molecular flexibility index (Phi) is 5.36. The first-order valence-electron chi connectivity index (χ1n) is 8.68. The summed E-state index contributed by atoms with van der Waals surface area (Å²) >= 11 is 0. The van der Waals surface area contributed by atoms with Crippen LogP contribution >= 0.6 is 0 Å². The van der Waals surface area contributed by atoms with Crippen molar-refractivity contribution in [3.05, 3.63) is 65.2 Å². The summed E-state index contributed by atoms with van der Waals surface area (Å²) in [6.07, 6.45) is 7.72. The van der Waals surface area contributed by atoms with E-state index in [0.29, 0.717) is 12.0 Å². The van der Waals surface area contributed by atoms with E-state index < -0.39 is 10.1 Å². The van der Waals surface area contributed by atoms with E-state index in [1.54, 1.807) is 18.2 Å².